The average Bonchev–Trinajstić information content (AvgIpc) is 3.67. The van der Waals surface area contributed by atoms with Gasteiger partial charge in [0.05, 0.1) is 6.61 Å². The summed E-state index contributed by atoms with van der Waals surface area (Å²) in [5, 5.41) is 2.88. The second-order valence-electron chi connectivity index (χ2n) is 10.0. The Balaban J connectivity index is 1.21. The molecule has 0 fully saturated rings. The predicted molar refractivity (Wildman–Crippen MR) is 160 cm³/mol. The third-order valence-corrected chi connectivity index (χ3v) is 10.1. The Bertz CT molecular complexity index is 1770. The molecule has 2 aliphatic carbocycles. The molecule has 0 bridgehead atoms. The predicted octanol–water partition coefficient (Wildman–Crippen LogP) is 10.7. The average molecular weight is 513 g/mol. The van der Waals surface area contributed by atoms with Gasteiger partial charge in [0.15, 0.2) is 0 Å². The van der Waals surface area contributed by atoms with Gasteiger partial charge in [-0.2, -0.15) is 0 Å². The van der Waals surface area contributed by atoms with E-state index in [1.165, 1.54) is 80.4 Å². The van der Waals surface area contributed by atoms with E-state index in [1.807, 2.05) is 22.7 Å². The van der Waals surface area contributed by atoms with Gasteiger partial charge in [0.25, 0.3) is 0 Å². The summed E-state index contributed by atoms with van der Waals surface area (Å²) < 4.78 is 5.78. The maximum Gasteiger partial charge on any atom is 0.119 e. The lowest BCUT2D eigenvalue weighted by molar-refractivity contribution is 0.317. The first-order valence-corrected chi connectivity index (χ1v) is 14.5. The van der Waals surface area contributed by atoms with E-state index < -0.39 is 0 Å². The Labute approximate surface area is 224 Å². The molecular weight excluding hydrogens is 489 g/mol. The second-order valence-corrected chi connectivity index (χ2v) is 12.1. The highest BCUT2D eigenvalue weighted by molar-refractivity contribution is 7.20. The highest BCUT2D eigenvalue weighted by Crippen LogP contribution is 2.60. The van der Waals surface area contributed by atoms with Crippen LogP contribution in [0.4, 0.5) is 0 Å². The van der Waals surface area contributed by atoms with E-state index in [0.29, 0.717) is 0 Å². The van der Waals surface area contributed by atoms with Crippen molar-refractivity contribution in [2.24, 2.45) is 0 Å². The standard InChI is InChI=1S/C34H24OS2/c1-3-16-35-22-10-8-21(9-11-22)30-18-28-24-13-12-23-27-17-29(20-6-4-19(2)5-7-20)36-33(27)25-14-15-26(34(28)37-30)32(24)31(23)25/h4-15,17-18H,3,16H2,1-2H3. The first kappa shape index (κ1) is 21.4. The van der Waals surface area contributed by atoms with E-state index in [9.17, 15) is 0 Å². The molecule has 2 aromatic heterocycles. The van der Waals surface area contributed by atoms with Crippen LogP contribution in [0.5, 0.6) is 5.75 Å². The van der Waals surface area contributed by atoms with Crippen LogP contribution in [0.1, 0.15) is 18.9 Å². The van der Waals surface area contributed by atoms with Crippen LogP contribution < -0.4 is 4.74 Å². The van der Waals surface area contributed by atoms with Gasteiger partial charge in [-0.15, -0.1) is 22.7 Å². The highest BCUT2D eigenvalue weighted by atomic mass is 32.1. The van der Waals surface area contributed by atoms with Crippen LogP contribution in [0.2, 0.25) is 0 Å². The van der Waals surface area contributed by atoms with Gasteiger partial charge >= 0.3 is 0 Å². The van der Waals surface area contributed by atoms with Crippen molar-refractivity contribution in [3.05, 3.63) is 90.5 Å². The lowest BCUT2D eigenvalue weighted by Gasteiger charge is -2.08. The summed E-state index contributed by atoms with van der Waals surface area (Å²) in [5.74, 6) is 0.946. The van der Waals surface area contributed by atoms with Crippen LogP contribution >= 0.6 is 22.7 Å². The molecule has 0 atom stereocenters. The highest BCUT2D eigenvalue weighted by Gasteiger charge is 2.32. The molecule has 3 heteroatoms. The topological polar surface area (TPSA) is 9.23 Å². The van der Waals surface area contributed by atoms with Gasteiger partial charge in [0.1, 0.15) is 5.75 Å². The molecule has 0 saturated carbocycles. The molecule has 0 saturated heterocycles. The van der Waals surface area contributed by atoms with Gasteiger partial charge in [0.2, 0.25) is 0 Å². The fourth-order valence-electron chi connectivity index (χ4n) is 5.84. The Morgan fingerprint density at radius 3 is 1.57 bits per heavy atom. The van der Waals surface area contributed by atoms with Crippen LogP contribution in [0.25, 0.3) is 74.8 Å². The van der Waals surface area contributed by atoms with Gasteiger partial charge in [-0.1, -0.05) is 61.0 Å². The van der Waals surface area contributed by atoms with Gasteiger partial charge in [-0.25, -0.2) is 0 Å². The summed E-state index contributed by atoms with van der Waals surface area (Å²) in [4.78, 5) is 5.48. The Morgan fingerprint density at radius 2 is 1.05 bits per heavy atom. The summed E-state index contributed by atoms with van der Waals surface area (Å²) in [7, 11) is 0. The van der Waals surface area contributed by atoms with Gasteiger partial charge < -0.3 is 4.74 Å². The monoisotopic (exact) mass is 512 g/mol. The molecule has 6 aromatic rings. The SMILES string of the molecule is CCCOc1ccc(-c2cc3c(s2)-c2ccc4c5c(ccc-3c25)-c2cc(-c3ccc(C)cc3)sc2-4)cc1. The zero-order valence-electron chi connectivity index (χ0n) is 20.7. The van der Waals surface area contributed by atoms with Gasteiger partial charge in [-0.05, 0) is 82.8 Å². The zero-order valence-corrected chi connectivity index (χ0v) is 22.4. The van der Waals surface area contributed by atoms with Crippen LogP contribution in [0.3, 0.4) is 0 Å². The number of hydrogen-bond acceptors (Lipinski definition) is 3. The maximum absolute atomic E-state index is 5.78. The molecule has 1 nitrogen and oxygen atoms in total. The number of benzene rings is 4. The summed E-state index contributed by atoms with van der Waals surface area (Å²) in [6, 6.07) is 31.7. The fraction of sp³-hybridized carbons (Fsp3) is 0.118. The molecular formula is C34H24OS2. The molecule has 0 amide bonds. The summed E-state index contributed by atoms with van der Waals surface area (Å²) in [5.41, 5.74) is 12.2. The van der Waals surface area contributed by atoms with Crippen molar-refractivity contribution in [2.45, 2.75) is 20.3 Å². The quantitative estimate of drug-likeness (QED) is 0.223. The van der Waals surface area contributed by atoms with Gasteiger partial charge in [0, 0.05) is 41.8 Å². The van der Waals surface area contributed by atoms with E-state index in [1.54, 1.807) is 0 Å². The minimum Gasteiger partial charge on any atom is -0.494 e. The molecule has 0 unspecified atom stereocenters. The first-order valence-electron chi connectivity index (χ1n) is 12.9. The van der Waals surface area contributed by atoms with E-state index in [-0.39, 0.29) is 0 Å². The number of aryl methyl sites for hydroxylation is 1. The fourth-order valence-corrected chi connectivity index (χ4v) is 8.26. The van der Waals surface area contributed by atoms with Crippen molar-refractivity contribution in [3.63, 3.8) is 0 Å². The number of thiophene rings is 2. The smallest absolute Gasteiger partial charge is 0.119 e. The lowest BCUT2D eigenvalue weighted by Crippen LogP contribution is -1.94. The van der Waals surface area contributed by atoms with Crippen molar-refractivity contribution >= 4 is 33.4 Å². The van der Waals surface area contributed by atoms with Crippen LogP contribution in [-0.4, -0.2) is 6.61 Å². The van der Waals surface area contributed by atoms with Crippen LogP contribution in [-0.2, 0) is 0 Å². The summed E-state index contributed by atoms with van der Waals surface area (Å²) in [6.45, 7) is 5.04. The molecule has 37 heavy (non-hydrogen) atoms. The van der Waals surface area contributed by atoms with E-state index in [0.717, 1.165) is 18.8 Å². The lowest BCUT2D eigenvalue weighted by atomic mass is 9.97. The maximum atomic E-state index is 5.78. The summed E-state index contributed by atoms with van der Waals surface area (Å²) in [6.07, 6.45) is 1.02. The van der Waals surface area contributed by atoms with Gasteiger partial charge in [-0.3, -0.25) is 0 Å². The molecule has 2 aliphatic rings. The Morgan fingerprint density at radius 1 is 0.568 bits per heavy atom. The number of fused-ring (bicyclic) bond motifs is 6. The molecule has 8 rings (SSSR count). The third kappa shape index (κ3) is 3.08. The molecule has 0 N–H and O–H groups in total. The largest absolute Gasteiger partial charge is 0.494 e. The number of hydrogen-bond donors (Lipinski definition) is 0. The normalized spacial score (nSPS) is 12.3. The van der Waals surface area contributed by atoms with Crippen molar-refractivity contribution in [1.82, 2.24) is 0 Å². The minimum atomic E-state index is 0.761. The van der Waals surface area contributed by atoms with Crippen LogP contribution in [0.15, 0.2) is 84.9 Å². The second kappa shape index (κ2) is 7.92. The molecule has 0 radical (unpaired) electrons. The number of ether oxygens (including phenoxy) is 1. The molecule has 4 aromatic carbocycles. The van der Waals surface area contributed by atoms with Crippen molar-refractivity contribution in [1.29, 1.82) is 0 Å². The molecule has 0 spiro atoms. The number of rotatable bonds is 5. The zero-order chi connectivity index (χ0) is 24.7. The Hall–Kier alpha value is -3.66. The summed E-state index contributed by atoms with van der Waals surface area (Å²) >= 11 is 3.84. The minimum absolute atomic E-state index is 0.761. The van der Waals surface area contributed by atoms with E-state index >= 15 is 0 Å². The molecule has 178 valence electrons. The van der Waals surface area contributed by atoms with Crippen molar-refractivity contribution in [2.75, 3.05) is 6.61 Å². The van der Waals surface area contributed by atoms with E-state index in [4.69, 9.17) is 4.74 Å². The van der Waals surface area contributed by atoms with Crippen molar-refractivity contribution < 1.29 is 4.74 Å². The third-order valence-electron chi connectivity index (χ3n) is 7.64. The molecule has 2 heterocycles. The van der Waals surface area contributed by atoms with Crippen LogP contribution in [0, 0.1) is 6.92 Å². The Kier molecular flexibility index (Phi) is 4.59. The first-order chi connectivity index (χ1) is 18.2. The van der Waals surface area contributed by atoms with Crippen molar-refractivity contribution in [3.8, 4) is 69.8 Å². The molecule has 0 aliphatic heterocycles. The van der Waals surface area contributed by atoms with E-state index in [2.05, 4.69) is 98.8 Å².